The highest BCUT2D eigenvalue weighted by molar-refractivity contribution is 5.79. The van der Waals surface area contributed by atoms with Gasteiger partial charge in [-0.1, -0.05) is 11.5 Å². The fourth-order valence-corrected chi connectivity index (χ4v) is 0.411. The topological polar surface area (TPSA) is 46.5 Å². The largest absolute Gasteiger partial charge is 0.478 e. The van der Waals surface area contributed by atoms with Gasteiger partial charge in [-0.2, -0.15) is 0 Å². The summed E-state index contributed by atoms with van der Waals surface area (Å²) in [6, 6.07) is 0. The molecule has 11 heavy (non-hydrogen) atoms. The van der Waals surface area contributed by atoms with E-state index in [0.717, 1.165) is 12.5 Å². The van der Waals surface area contributed by atoms with Gasteiger partial charge in [0.15, 0.2) is 0 Å². The maximum atomic E-state index is 9.89. The molecule has 0 fully saturated rings. The molecule has 0 aromatic heterocycles. The summed E-state index contributed by atoms with van der Waals surface area (Å²) in [4.78, 5) is 9.89. The summed E-state index contributed by atoms with van der Waals surface area (Å²) in [7, 11) is 1.60. The van der Waals surface area contributed by atoms with Crippen LogP contribution in [-0.2, 0) is 9.53 Å². The fraction of sp³-hybridized carbons (Fsp3) is 0.375. The predicted octanol–water partition coefficient (Wildman–Crippen LogP) is 0.974. The van der Waals surface area contributed by atoms with Gasteiger partial charge in [0, 0.05) is 7.11 Å². The van der Waals surface area contributed by atoms with Gasteiger partial charge >= 0.3 is 5.97 Å². The molecule has 0 saturated carbocycles. The molecule has 0 heterocycles. The number of ether oxygens (including phenoxy) is 1. The fourth-order valence-electron chi connectivity index (χ4n) is 0.411. The SMILES string of the molecule is COCCC=C=C=CC(=O)O. The zero-order chi connectivity index (χ0) is 8.53. The van der Waals surface area contributed by atoms with Gasteiger partial charge in [0.05, 0.1) is 12.7 Å². The van der Waals surface area contributed by atoms with Crippen LogP contribution in [0.25, 0.3) is 0 Å². The van der Waals surface area contributed by atoms with E-state index in [2.05, 4.69) is 11.5 Å². The molecule has 0 atom stereocenters. The second-order valence-electron chi connectivity index (χ2n) is 1.76. The van der Waals surface area contributed by atoms with Crippen molar-refractivity contribution in [1.29, 1.82) is 0 Å². The minimum atomic E-state index is -1.02. The lowest BCUT2D eigenvalue weighted by atomic mass is 10.4. The summed E-state index contributed by atoms with van der Waals surface area (Å²) in [6.07, 6.45) is 3.29. The van der Waals surface area contributed by atoms with E-state index in [1.54, 1.807) is 13.2 Å². The highest BCUT2D eigenvalue weighted by Gasteiger charge is 1.78. The highest BCUT2D eigenvalue weighted by atomic mass is 16.5. The smallest absolute Gasteiger partial charge is 0.336 e. The van der Waals surface area contributed by atoms with Crippen LogP contribution in [0.3, 0.4) is 0 Å². The van der Waals surface area contributed by atoms with Gasteiger partial charge in [0.2, 0.25) is 0 Å². The lowest BCUT2D eigenvalue weighted by molar-refractivity contribution is -0.131. The molecule has 60 valence electrons. The van der Waals surface area contributed by atoms with Crippen LogP contribution in [0.4, 0.5) is 0 Å². The van der Waals surface area contributed by atoms with Gasteiger partial charge in [-0.25, -0.2) is 4.79 Å². The first kappa shape index (κ1) is 9.73. The first-order chi connectivity index (χ1) is 5.27. The Bertz CT molecular complexity index is 205. The van der Waals surface area contributed by atoms with E-state index in [0.29, 0.717) is 6.61 Å². The summed E-state index contributed by atoms with van der Waals surface area (Å²) >= 11 is 0. The molecule has 0 rings (SSSR count). The molecular formula is C8H10O3. The van der Waals surface area contributed by atoms with E-state index in [4.69, 9.17) is 9.84 Å². The third kappa shape index (κ3) is 8.73. The molecule has 0 bridgehead atoms. The van der Waals surface area contributed by atoms with Crippen LogP contribution in [0.2, 0.25) is 0 Å². The number of hydrogen-bond donors (Lipinski definition) is 1. The second-order valence-corrected chi connectivity index (χ2v) is 1.76. The molecule has 0 unspecified atom stereocenters. The normalized spacial score (nSPS) is 7.73. The molecule has 3 nitrogen and oxygen atoms in total. The van der Waals surface area contributed by atoms with Crippen molar-refractivity contribution in [2.24, 2.45) is 0 Å². The van der Waals surface area contributed by atoms with Crippen molar-refractivity contribution in [3.63, 3.8) is 0 Å². The van der Waals surface area contributed by atoms with Gasteiger partial charge in [-0.05, 0) is 12.5 Å². The molecule has 0 amide bonds. The number of rotatable bonds is 4. The average Bonchev–Trinajstić information content (AvgIpc) is 1.96. The Balaban J connectivity index is 3.71. The Morgan fingerprint density at radius 3 is 2.91 bits per heavy atom. The molecule has 1 N–H and O–H groups in total. The third-order valence-corrected chi connectivity index (χ3v) is 0.847. The predicted molar refractivity (Wildman–Crippen MR) is 40.3 cm³/mol. The van der Waals surface area contributed by atoms with E-state index < -0.39 is 5.97 Å². The van der Waals surface area contributed by atoms with Gasteiger partial charge in [-0.15, -0.1) is 0 Å². The summed E-state index contributed by atoms with van der Waals surface area (Å²) < 4.78 is 4.74. The van der Waals surface area contributed by atoms with Crippen LogP contribution in [0, 0.1) is 0 Å². The zero-order valence-electron chi connectivity index (χ0n) is 6.33. The summed E-state index contributed by atoms with van der Waals surface area (Å²) in [5.74, 6) is -1.02. The van der Waals surface area contributed by atoms with E-state index in [1.165, 1.54) is 0 Å². The third-order valence-electron chi connectivity index (χ3n) is 0.847. The van der Waals surface area contributed by atoms with Crippen LogP contribution < -0.4 is 0 Å². The maximum absolute atomic E-state index is 9.89. The molecule has 0 radical (unpaired) electrons. The molecule has 0 aliphatic heterocycles. The quantitative estimate of drug-likeness (QED) is 0.373. The number of methoxy groups -OCH3 is 1. The standard InChI is InChI=1S/C8H10O3/c1-11-7-5-3-2-4-6-8(9)10/h3,6H,5,7H2,1H3,(H,9,10). The molecule has 0 spiro atoms. The first-order valence-electron chi connectivity index (χ1n) is 3.15. The summed E-state index contributed by atoms with van der Waals surface area (Å²) in [5.41, 5.74) is 4.92. The monoisotopic (exact) mass is 154 g/mol. The number of aliphatic carboxylic acids is 1. The molecule has 0 aliphatic rings. The van der Waals surface area contributed by atoms with Crippen LogP contribution in [0.5, 0.6) is 0 Å². The number of carboxylic acids is 1. The Hall–Kier alpha value is -1.27. The Morgan fingerprint density at radius 2 is 2.36 bits per heavy atom. The number of carboxylic acid groups (broad SMARTS) is 1. The van der Waals surface area contributed by atoms with Crippen molar-refractivity contribution in [3.05, 3.63) is 23.6 Å². The molecule has 0 aliphatic carbocycles. The lowest BCUT2D eigenvalue weighted by Crippen LogP contribution is -1.83. The van der Waals surface area contributed by atoms with Gasteiger partial charge in [0.1, 0.15) is 0 Å². The number of carbonyl (C=O) groups is 1. The Morgan fingerprint density at radius 1 is 1.64 bits per heavy atom. The molecular weight excluding hydrogens is 144 g/mol. The van der Waals surface area contributed by atoms with Crippen LogP contribution in [-0.4, -0.2) is 24.8 Å². The zero-order valence-corrected chi connectivity index (χ0v) is 6.33. The molecule has 0 aromatic carbocycles. The van der Waals surface area contributed by atoms with Crippen molar-refractivity contribution in [3.8, 4) is 0 Å². The Labute approximate surface area is 65.3 Å². The first-order valence-corrected chi connectivity index (χ1v) is 3.15. The van der Waals surface area contributed by atoms with Crippen LogP contribution >= 0.6 is 0 Å². The molecule has 0 saturated heterocycles. The molecule has 3 heteroatoms. The maximum Gasteiger partial charge on any atom is 0.336 e. The Kier molecular flexibility index (Phi) is 6.05. The summed E-state index contributed by atoms with van der Waals surface area (Å²) in [6.45, 7) is 0.613. The second kappa shape index (κ2) is 6.84. The number of hydrogen-bond acceptors (Lipinski definition) is 2. The molecule has 0 aromatic rings. The highest BCUT2D eigenvalue weighted by Crippen LogP contribution is 1.79. The van der Waals surface area contributed by atoms with Gasteiger partial charge in [-0.3, -0.25) is 0 Å². The van der Waals surface area contributed by atoms with Crippen molar-refractivity contribution < 1.29 is 14.6 Å². The lowest BCUT2D eigenvalue weighted by Gasteiger charge is -1.86. The van der Waals surface area contributed by atoms with Crippen molar-refractivity contribution in [2.75, 3.05) is 13.7 Å². The van der Waals surface area contributed by atoms with E-state index in [9.17, 15) is 4.79 Å². The minimum absolute atomic E-state index is 0.613. The van der Waals surface area contributed by atoms with Crippen molar-refractivity contribution in [2.45, 2.75) is 6.42 Å². The van der Waals surface area contributed by atoms with Gasteiger partial charge in [0.25, 0.3) is 0 Å². The van der Waals surface area contributed by atoms with Crippen LogP contribution in [0.1, 0.15) is 6.42 Å². The van der Waals surface area contributed by atoms with E-state index in [1.807, 2.05) is 0 Å². The van der Waals surface area contributed by atoms with Crippen molar-refractivity contribution >= 4 is 5.97 Å². The minimum Gasteiger partial charge on any atom is -0.478 e. The average molecular weight is 154 g/mol. The van der Waals surface area contributed by atoms with E-state index in [-0.39, 0.29) is 0 Å². The van der Waals surface area contributed by atoms with Gasteiger partial charge < -0.3 is 9.84 Å². The van der Waals surface area contributed by atoms with Crippen molar-refractivity contribution in [1.82, 2.24) is 0 Å². The van der Waals surface area contributed by atoms with E-state index >= 15 is 0 Å². The summed E-state index contributed by atoms with van der Waals surface area (Å²) in [5, 5.41) is 8.12. The van der Waals surface area contributed by atoms with Crippen LogP contribution in [0.15, 0.2) is 23.6 Å².